The first kappa shape index (κ1) is 18.6. The molecule has 0 bridgehead atoms. The average Bonchev–Trinajstić information content (AvgIpc) is 2.75. The van der Waals surface area contributed by atoms with Crippen LogP contribution < -0.4 is 0 Å². The maximum absolute atomic E-state index is 13.1. The fourth-order valence-electron chi connectivity index (χ4n) is 2.23. The normalized spacial score (nSPS) is 30.1. The van der Waals surface area contributed by atoms with Gasteiger partial charge in [0.15, 0.2) is 0 Å². The second kappa shape index (κ2) is 7.88. The Kier molecular flexibility index (Phi) is 6.66. The topological polar surface area (TPSA) is 74.2 Å². The van der Waals surface area contributed by atoms with Gasteiger partial charge in [-0.2, -0.15) is 0 Å². The van der Waals surface area contributed by atoms with Crippen molar-refractivity contribution in [1.82, 2.24) is 0 Å². The summed E-state index contributed by atoms with van der Waals surface area (Å²) >= 11 is 0. The lowest BCUT2D eigenvalue weighted by atomic mass is 10.1. The first-order chi connectivity index (χ1) is 10.4. The van der Waals surface area contributed by atoms with E-state index >= 15 is 0 Å². The van der Waals surface area contributed by atoms with Crippen molar-refractivity contribution in [3.63, 3.8) is 0 Å². The molecule has 0 aromatic heterocycles. The molecule has 1 rings (SSSR count). The second-order valence-corrected chi connectivity index (χ2v) is 13.1. The zero-order valence-electron chi connectivity index (χ0n) is 15.5. The minimum atomic E-state index is -3.27. The van der Waals surface area contributed by atoms with Crippen LogP contribution in [0.3, 0.4) is 0 Å². The van der Waals surface area contributed by atoms with Gasteiger partial charge in [0.25, 0.3) is 0 Å². The molecule has 0 radical (unpaired) electrons. The lowest BCUT2D eigenvalue weighted by Crippen LogP contribution is -2.38. The SMILES string of the molecule is [3H][C@H]1C[C@H](CP(=O)(OCC)C(C)(C)O)[C@@H](CO[Si](C)(C)OC)O1. The second-order valence-electron chi connectivity index (χ2n) is 6.52. The van der Waals surface area contributed by atoms with Crippen molar-refractivity contribution in [2.75, 3.05) is 33.1 Å². The van der Waals surface area contributed by atoms with Crippen molar-refractivity contribution < 1.29 is 29.2 Å². The van der Waals surface area contributed by atoms with Crippen LogP contribution in [0.1, 0.15) is 28.6 Å². The number of hydrogen-bond donors (Lipinski definition) is 1. The monoisotopic (exact) mass is 356 g/mol. The highest BCUT2D eigenvalue weighted by molar-refractivity contribution is 7.60. The number of hydrogen-bond acceptors (Lipinski definition) is 6. The molecule has 1 N–H and O–H groups in total. The predicted octanol–water partition coefficient (Wildman–Crippen LogP) is 2.80. The van der Waals surface area contributed by atoms with Crippen molar-refractivity contribution in [3.8, 4) is 0 Å². The molecule has 1 heterocycles. The number of aliphatic hydroxyl groups is 1. The summed E-state index contributed by atoms with van der Waals surface area (Å²) in [4.78, 5) is 0. The van der Waals surface area contributed by atoms with Gasteiger partial charge in [0.2, 0.25) is 7.37 Å². The molecule has 1 aliphatic heterocycles. The Balaban J connectivity index is 2.80. The molecular formula is C14H31O6PSi. The van der Waals surface area contributed by atoms with Crippen LogP contribution in [0.15, 0.2) is 0 Å². The molecule has 0 aromatic carbocycles. The summed E-state index contributed by atoms with van der Waals surface area (Å²) < 4.78 is 43.1. The Labute approximate surface area is 136 Å². The zero-order valence-corrected chi connectivity index (χ0v) is 16.4. The van der Waals surface area contributed by atoms with E-state index < -0.39 is 27.9 Å². The van der Waals surface area contributed by atoms with Gasteiger partial charge in [-0.05, 0) is 46.2 Å². The van der Waals surface area contributed by atoms with Gasteiger partial charge >= 0.3 is 8.56 Å². The van der Waals surface area contributed by atoms with Crippen molar-refractivity contribution in [3.05, 3.63) is 0 Å². The third-order valence-corrected chi connectivity index (χ3v) is 9.07. The molecule has 1 fully saturated rings. The molecule has 0 amide bonds. The summed E-state index contributed by atoms with van der Waals surface area (Å²) in [6.45, 7) is 8.51. The molecular weight excluding hydrogens is 323 g/mol. The van der Waals surface area contributed by atoms with Crippen LogP contribution in [0.25, 0.3) is 0 Å². The Bertz CT molecular complexity index is 428. The Morgan fingerprint density at radius 1 is 1.50 bits per heavy atom. The molecule has 1 unspecified atom stereocenters. The summed E-state index contributed by atoms with van der Waals surface area (Å²) in [5.74, 6) is -0.150. The highest BCUT2D eigenvalue weighted by Gasteiger charge is 2.45. The Morgan fingerprint density at radius 2 is 2.14 bits per heavy atom. The summed E-state index contributed by atoms with van der Waals surface area (Å²) in [5, 5.41) is 8.84. The van der Waals surface area contributed by atoms with E-state index in [2.05, 4.69) is 0 Å². The number of rotatable bonds is 9. The average molecular weight is 356 g/mol. The summed E-state index contributed by atoms with van der Waals surface area (Å²) in [5.41, 5.74) is 0. The van der Waals surface area contributed by atoms with E-state index in [0.717, 1.165) is 0 Å². The quantitative estimate of drug-likeness (QED) is 0.506. The van der Waals surface area contributed by atoms with Gasteiger partial charge in [-0.25, -0.2) is 0 Å². The van der Waals surface area contributed by atoms with Crippen LogP contribution in [0.4, 0.5) is 0 Å². The van der Waals surface area contributed by atoms with Gasteiger partial charge in [-0.3, -0.25) is 4.57 Å². The lowest BCUT2D eigenvalue weighted by molar-refractivity contribution is 0.0382. The van der Waals surface area contributed by atoms with E-state index in [0.29, 0.717) is 13.0 Å². The third-order valence-electron chi connectivity index (χ3n) is 3.93. The zero-order chi connectivity index (χ0) is 17.9. The third kappa shape index (κ3) is 5.41. The van der Waals surface area contributed by atoms with E-state index in [-0.39, 0.29) is 24.8 Å². The first-order valence-electron chi connectivity index (χ1n) is 8.24. The van der Waals surface area contributed by atoms with E-state index in [4.69, 9.17) is 19.5 Å². The van der Waals surface area contributed by atoms with Gasteiger partial charge in [0.05, 0.1) is 20.7 Å². The van der Waals surface area contributed by atoms with Gasteiger partial charge in [0.1, 0.15) is 5.34 Å². The summed E-state index contributed by atoms with van der Waals surface area (Å²) in [6, 6.07) is 0. The van der Waals surface area contributed by atoms with Gasteiger partial charge in [0, 0.05) is 19.9 Å². The predicted molar refractivity (Wildman–Crippen MR) is 88.7 cm³/mol. The molecule has 0 aliphatic carbocycles. The van der Waals surface area contributed by atoms with E-state index in [1.54, 1.807) is 14.0 Å². The van der Waals surface area contributed by atoms with Gasteiger partial charge in [-0.15, -0.1) is 0 Å². The number of ether oxygens (including phenoxy) is 1. The summed E-state index contributed by atoms with van der Waals surface area (Å²) in [7, 11) is -3.85. The highest BCUT2D eigenvalue weighted by Crippen LogP contribution is 2.59. The van der Waals surface area contributed by atoms with Crippen molar-refractivity contribution >= 4 is 15.9 Å². The molecule has 132 valence electrons. The van der Waals surface area contributed by atoms with Crippen molar-refractivity contribution in [2.45, 2.75) is 51.7 Å². The maximum Gasteiger partial charge on any atom is 0.331 e. The van der Waals surface area contributed by atoms with Crippen LogP contribution in [0.5, 0.6) is 0 Å². The van der Waals surface area contributed by atoms with Crippen LogP contribution >= 0.6 is 7.37 Å². The Morgan fingerprint density at radius 3 is 2.64 bits per heavy atom. The van der Waals surface area contributed by atoms with Crippen LogP contribution in [-0.4, -0.2) is 58.2 Å². The molecule has 1 saturated heterocycles. The van der Waals surface area contributed by atoms with Gasteiger partial charge < -0.3 is 23.2 Å². The van der Waals surface area contributed by atoms with Crippen LogP contribution in [-0.2, 0) is 22.7 Å². The molecule has 0 aromatic rings. The molecule has 0 saturated carbocycles. The minimum absolute atomic E-state index is 0.150. The standard InChI is InChI=1S/C14H31O6PSi/c1-7-19-21(16,14(2,3)15)11-12-8-9-18-13(12)10-20-22(5,6)17-4/h12-13,15H,7-11H2,1-6H3/t12-,13-,21?/m1/s1/i9T/t9-,12+,13+,21?/m0. The van der Waals surface area contributed by atoms with E-state index in [1.807, 2.05) is 13.1 Å². The Hall–Kier alpha value is 0.247. The first-order valence-corrected chi connectivity index (χ1v) is 12.3. The van der Waals surface area contributed by atoms with Gasteiger partial charge in [-0.1, -0.05) is 0 Å². The van der Waals surface area contributed by atoms with Crippen molar-refractivity contribution in [2.24, 2.45) is 5.92 Å². The molecule has 1 aliphatic rings. The molecule has 8 heteroatoms. The fourth-order valence-corrected chi connectivity index (χ4v) is 5.20. The van der Waals surface area contributed by atoms with Crippen molar-refractivity contribution in [1.29, 1.82) is 0 Å². The van der Waals surface area contributed by atoms with E-state index in [1.165, 1.54) is 13.8 Å². The molecule has 22 heavy (non-hydrogen) atoms. The maximum atomic E-state index is 13.1. The fraction of sp³-hybridized carbons (Fsp3) is 1.00. The lowest BCUT2D eigenvalue weighted by Gasteiger charge is -2.32. The smallest absolute Gasteiger partial charge is 0.331 e. The molecule has 0 spiro atoms. The van der Waals surface area contributed by atoms with E-state index in [9.17, 15) is 9.67 Å². The van der Waals surface area contributed by atoms with Crippen LogP contribution in [0, 0.1) is 5.92 Å². The molecule has 4 atom stereocenters. The minimum Gasteiger partial charge on any atom is -0.398 e. The van der Waals surface area contributed by atoms with Crippen LogP contribution in [0.2, 0.25) is 13.1 Å². The largest absolute Gasteiger partial charge is 0.398 e. The summed E-state index contributed by atoms with van der Waals surface area (Å²) in [6.07, 6.45) is 0.300. The molecule has 6 nitrogen and oxygen atoms in total. The highest BCUT2D eigenvalue weighted by atomic mass is 31.2.